The van der Waals surface area contributed by atoms with Crippen molar-refractivity contribution in [3.63, 3.8) is 0 Å². The second kappa shape index (κ2) is 22.3. The van der Waals surface area contributed by atoms with Crippen LogP contribution in [-0.2, 0) is 19.1 Å². The first-order valence-electron chi connectivity index (χ1n) is 21.0. The van der Waals surface area contributed by atoms with Gasteiger partial charge in [0.15, 0.2) is 23.7 Å². The Hall–Kier alpha value is -5.91. The number of hydrogen-bond acceptors (Lipinski definition) is 14. The minimum Gasteiger partial charge on any atom is -0.486 e. The molecule has 0 bridgehead atoms. The van der Waals surface area contributed by atoms with Crippen LogP contribution >= 0.6 is 0 Å². The average molecular weight is 857 g/mol. The second-order valence-corrected chi connectivity index (χ2v) is 15.5. The SMILES string of the molecule is CC(C)N1CCOc2c(F)cc(-c3nc(Nc4ccc(C5CCN(CCOCCOCCNc6cccc(C=O)c6C(=O)N(C)C(C=O)CCC=O)CC5)cn4)ncc3F)cc21. The molecule has 0 saturated carbocycles. The van der Waals surface area contributed by atoms with Crippen LogP contribution in [0.2, 0.25) is 0 Å². The normalized spacial score (nSPS) is 14.8. The number of anilines is 4. The molecule has 2 aliphatic rings. The molecule has 330 valence electrons. The molecule has 2 aromatic heterocycles. The van der Waals surface area contributed by atoms with Gasteiger partial charge in [0.05, 0.1) is 56.5 Å². The quantitative estimate of drug-likeness (QED) is 0.0706. The molecule has 1 saturated heterocycles. The lowest BCUT2D eigenvalue weighted by Crippen LogP contribution is -2.39. The number of aromatic nitrogens is 3. The summed E-state index contributed by atoms with van der Waals surface area (Å²) >= 11 is 0. The van der Waals surface area contributed by atoms with E-state index in [2.05, 4.69) is 30.5 Å². The predicted molar refractivity (Wildman–Crippen MR) is 230 cm³/mol. The van der Waals surface area contributed by atoms with Gasteiger partial charge >= 0.3 is 0 Å². The zero-order chi connectivity index (χ0) is 44.0. The van der Waals surface area contributed by atoms with Gasteiger partial charge in [0.2, 0.25) is 5.95 Å². The van der Waals surface area contributed by atoms with Gasteiger partial charge in [-0.2, -0.15) is 0 Å². The van der Waals surface area contributed by atoms with E-state index in [1.54, 1.807) is 18.2 Å². The number of hydrogen-bond donors (Lipinski definition) is 2. The number of aldehydes is 3. The van der Waals surface area contributed by atoms with E-state index in [1.807, 2.05) is 37.1 Å². The first-order valence-corrected chi connectivity index (χ1v) is 21.0. The zero-order valence-electron chi connectivity index (χ0n) is 35.4. The number of nitrogens with zero attached hydrogens (tertiary/aromatic N) is 6. The van der Waals surface area contributed by atoms with E-state index in [9.17, 15) is 19.2 Å². The zero-order valence-corrected chi connectivity index (χ0v) is 35.4. The third-order valence-electron chi connectivity index (χ3n) is 11.1. The van der Waals surface area contributed by atoms with Crippen LogP contribution in [0.1, 0.15) is 71.7 Å². The van der Waals surface area contributed by atoms with Gasteiger partial charge < -0.3 is 49.1 Å². The number of pyridine rings is 1. The summed E-state index contributed by atoms with van der Waals surface area (Å²) in [6.07, 6.45) is 7.11. The molecule has 2 aromatic carbocycles. The first-order chi connectivity index (χ1) is 30.1. The number of nitrogens with one attached hydrogen (secondary N) is 2. The molecule has 1 unspecified atom stereocenters. The summed E-state index contributed by atoms with van der Waals surface area (Å²) < 4.78 is 47.3. The Kier molecular flexibility index (Phi) is 16.4. The van der Waals surface area contributed by atoms with Crippen LogP contribution in [-0.4, -0.2) is 134 Å². The highest BCUT2D eigenvalue weighted by molar-refractivity contribution is 6.06. The number of amides is 1. The van der Waals surface area contributed by atoms with Gasteiger partial charge in [-0.05, 0) is 81.9 Å². The number of piperidine rings is 1. The molecule has 0 spiro atoms. The highest BCUT2D eigenvalue weighted by Gasteiger charge is 2.27. The Bertz CT molecular complexity index is 2150. The lowest BCUT2D eigenvalue weighted by atomic mass is 9.90. The second-order valence-electron chi connectivity index (χ2n) is 15.5. The maximum atomic E-state index is 15.1. The molecule has 6 rings (SSSR count). The Morgan fingerprint density at radius 1 is 0.984 bits per heavy atom. The fraction of sp³-hybridized carbons (Fsp3) is 0.444. The highest BCUT2D eigenvalue weighted by atomic mass is 19.1. The average Bonchev–Trinajstić information content (AvgIpc) is 3.29. The summed E-state index contributed by atoms with van der Waals surface area (Å²) in [5.41, 5.74) is 2.75. The van der Waals surface area contributed by atoms with Gasteiger partial charge in [-0.25, -0.2) is 23.7 Å². The van der Waals surface area contributed by atoms with Crippen molar-refractivity contribution in [1.29, 1.82) is 0 Å². The van der Waals surface area contributed by atoms with Gasteiger partial charge in [-0.3, -0.25) is 9.59 Å². The molecule has 4 aromatic rings. The molecule has 0 aliphatic carbocycles. The number of ether oxygens (including phenoxy) is 3. The van der Waals surface area contributed by atoms with E-state index >= 15 is 8.78 Å². The van der Waals surface area contributed by atoms with Crippen molar-refractivity contribution >= 4 is 47.9 Å². The van der Waals surface area contributed by atoms with E-state index in [0.717, 1.165) is 44.2 Å². The van der Waals surface area contributed by atoms with Crippen molar-refractivity contribution in [3.05, 3.63) is 83.2 Å². The molecular formula is C45H54F2N8O7. The molecule has 2 aliphatic heterocycles. The Morgan fingerprint density at radius 3 is 2.48 bits per heavy atom. The van der Waals surface area contributed by atoms with Gasteiger partial charge in [-0.15, -0.1) is 0 Å². The third kappa shape index (κ3) is 11.5. The fourth-order valence-electron chi connectivity index (χ4n) is 7.68. The molecule has 17 heteroatoms. The summed E-state index contributed by atoms with van der Waals surface area (Å²) in [5, 5.41) is 6.21. The van der Waals surface area contributed by atoms with Gasteiger partial charge in [0, 0.05) is 55.6 Å². The summed E-state index contributed by atoms with van der Waals surface area (Å²) in [4.78, 5) is 66.2. The van der Waals surface area contributed by atoms with Crippen LogP contribution < -0.4 is 20.3 Å². The lowest BCUT2D eigenvalue weighted by molar-refractivity contribution is -0.112. The minimum atomic E-state index is -0.790. The van der Waals surface area contributed by atoms with E-state index in [4.69, 9.17) is 14.2 Å². The van der Waals surface area contributed by atoms with E-state index in [1.165, 1.54) is 24.1 Å². The fourth-order valence-corrected chi connectivity index (χ4v) is 7.68. The summed E-state index contributed by atoms with van der Waals surface area (Å²) in [6, 6.07) is 11.0. The largest absolute Gasteiger partial charge is 0.486 e. The van der Waals surface area contributed by atoms with Crippen molar-refractivity contribution in [2.24, 2.45) is 0 Å². The molecule has 1 fully saturated rings. The van der Waals surface area contributed by atoms with Crippen LogP contribution in [0.3, 0.4) is 0 Å². The molecule has 4 heterocycles. The monoisotopic (exact) mass is 856 g/mol. The first kappa shape index (κ1) is 45.6. The van der Waals surface area contributed by atoms with Gasteiger partial charge in [0.25, 0.3) is 5.91 Å². The smallest absolute Gasteiger partial charge is 0.257 e. The number of likely N-dealkylation sites (tertiary alicyclic amines) is 1. The van der Waals surface area contributed by atoms with E-state index in [0.29, 0.717) is 88.1 Å². The summed E-state index contributed by atoms with van der Waals surface area (Å²) in [5.74, 6) is -0.579. The lowest BCUT2D eigenvalue weighted by Gasteiger charge is -2.34. The van der Waals surface area contributed by atoms with Gasteiger partial charge in [0.1, 0.15) is 30.7 Å². The van der Waals surface area contributed by atoms with E-state index < -0.39 is 23.6 Å². The number of rotatable bonds is 22. The third-order valence-corrected chi connectivity index (χ3v) is 11.1. The summed E-state index contributed by atoms with van der Waals surface area (Å²) in [6.45, 7) is 9.72. The van der Waals surface area contributed by atoms with Crippen molar-refractivity contribution in [3.8, 4) is 17.0 Å². The summed E-state index contributed by atoms with van der Waals surface area (Å²) in [7, 11) is 1.48. The van der Waals surface area contributed by atoms with Crippen LogP contribution in [0.5, 0.6) is 5.75 Å². The number of carbonyl (C=O) groups is 4. The van der Waals surface area contributed by atoms with Crippen molar-refractivity contribution in [2.45, 2.75) is 57.5 Å². The Balaban J connectivity index is 0.891. The molecule has 2 N–H and O–H groups in total. The molecular weight excluding hydrogens is 803 g/mol. The maximum Gasteiger partial charge on any atom is 0.257 e. The maximum absolute atomic E-state index is 15.1. The van der Waals surface area contributed by atoms with E-state index in [-0.39, 0.29) is 53.0 Å². The number of carbonyl (C=O) groups excluding carboxylic acids is 4. The number of fused-ring (bicyclic) bond motifs is 1. The molecule has 1 atom stereocenters. The standard InChI is InChI=1S/C45H54F2N8O7/c1-30(2)55-17-21-62-43-36(46)24-34(25-39(43)55)42-37(47)27-50-45(52-42)51-40-10-9-32(26-49-40)31-11-14-54(15-12-31)16-20-61-23-22-60-19-13-48-38-8-4-6-33(28-57)41(38)44(59)53(3)35(29-58)7-5-18-56/h4,6,8-10,18,24-31,35,48H,5,7,11-17,19-23H2,1-3H3,(H,49,50,51,52). The molecule has 15 nitrogen and oxygen atoms in total. The van der Waals surface area contributed by atoms with Crippen LogP contribution in [0.25, 0.3) is 11.3 Å². The number of benzene rings is 2. The van der Waals surface area contributed by atoms with Crippen molar-refractivity contribution in [2.75, 3.05) is 88.3 Å². The number of halogens is 2. The Morgan fingerprint density at radius 2 is 1.77 bits per heavy atom. The van der Waals surface area contributed by atoms with Crippen LogP contribution in [0.15, 0.2) is 54.9 Å². The van der Waals surface area contributed by atoms with Crippen LogP contribution in [0.4, 0.5) is 31.9 Å². The number of likely N-dealkylation sites (N-methyl/N-ethyl adjacent to an activating group) is 1. The predicted octanol–water partition coefficient (Wildman–Crippen LogP) is 5.92. The minimum absolute atomic E-state index is 0.0269. The molecule has 1 amide bonds. The topological polar surface area (TPSA) is 168 Å². The highest BCUT2D eigenvalue weighted by Crippen LogP contribution is 2.39. The van der Waals surface area contributed by atoms with Crippen molar-refractivity contribution in [1.82, 2.24) is 24.8 Å². The van der Waals surface area contributed by atoms with Gasteiger partial charge in [-0.1, -0.05) is 18.2 Å². The molecule has 62 heavy (non-hydrogen) atoms. The Labute approximate surface area is 360 Å². The van der Waals surface area contributed by atoms with Crippen molar-refractivity contribution < 1.29 is 42.2 Å². The molecule has 0 radical (unpaired) electrons. The van der Waals surface area contributed by atoms with Crippen LogP contribution in [0, 0.1) is 11.6 Å².